The second-order valence-corrected chi connectivity index (χ2v) is 5.62. The highest BCUT2D eigenvalue weighted by Crippen LogP contribution is 2.30. The fraction of sp³-hybridized carbons (Fsp3) is 0.154. The molecule has 0 saturated carbocycles. The van der Waals surface area contributed by atoms with Crippen LogP contribution in [0.4, 0.5) is 5.82 Å². The Labute approximate surface area is 129 Å². The number of benzene rings is 1. The van der Waals surface area contributed by atoms with Crippen molar-refractivity contribution >= 4 is 44.9 Å². The van der Waals surface area contributed by atoms with Gasteiger partial charge in [0.2, 0.25) is 0 Å². The van der Waals surface area contributed by atoms with Crippen LogP contribution in [0.2, 0.25) is 10.0 Å². The molecule has 0 bridgehead atoms. The number of anilines is 1. The minimum absolute atomic E-state index is 0.276. The average Bonchev–Trinajstić information content (AvgIpc) is 2.38. The summed E-state index contributed by atoms with van der Waals surface area (Å²) in [5, 5.41) is 14.1. The standard InChI is InChI=1S/C13H11BrCl2N2O/c14-8-4-5-12(17-6-8)18-7-11(19)13-9(15)2-1-3-10(13)16/h1-6,11,19H,7H2,(H,17,18). The Morgan fingerprint density at radius 3 is 2.47 bits per heavy atom. The number of aliphatic hydroxyl groups is 1. The highest BCUT2D eigenvalue weighted by atomic mass is 79.9. The maximum atomic E-state index is 10.1. The zero-order valence-electron chi connectivity index (χ0n) is 9.78. The maximum Gasteiger partial charge on any atom is 0.126 e. The minimum atomic E-state index is -0.799. The molecule has 19 heavy (non-hydrogen) atoms. The van der Waals surface area contributed by atoms with E-state index in [1.807, 2.05) is 12.1 Å². The largest absolute Gasteiger partial charge is 0.386 e. The van der Waals surface area contributed by atoms with E-state index in [0.717, 1.165) is 4.47 Å². The molecule has 6 heteroatoms. The summed E-state index contributed by atoms with van der Waals surface area (Å²) in [7, 11) is 0. The molecule has 2 rings (SSSR count). The second kappa shape index (κ2) is 6.57. The molecular formula is C13H11BrCl2N2O. The van der Waals surface area contributed by atoms with Gasteiger partial charge in [0.15, 0.2) is 0 Å². The first-order chi connectivity index (χ1) is 9.08. The number of pyridine rings is 1. The number of hydrogen-bond donors (Lipinski definition) is 2. The van der Waals surface area contributed by atoms with Crippen LogP contribution in [0.15, 0.2) is 41.0 Å². The molecule has 1 aromatic carbocycles. The van der Waals surface area contributed by atoms with Crippen molar-refractivity contribution in [2.45, 2.75) is 6.10 Å². The topological polar surface area (TPSA) is 45.1 Å². The monoisotopic (exact) mass is 360 g/mol. The summed E-state index contributed by atoms with van der Waals surface area (Å²) in [6.45, 7) is 0.276. The Hall–Kier alpha value is -0.810. The molecule has 0 amide bonds. The van der Waals surface area contributed by atoms with Gasteiger partial charge in [0.25, 0.3) is 0 Å². The van der Waals surface area contributed by atoms with Crippen molar-refractivity contribution in [2.24, 2.45) is 0 Å². The van der Waals surface area contributed by atoms with Crippen LogP contribution in [-0.4, -0.2) is 16.6 Å². The van der Waals surface area contributed by atoms with Gasteiger partial charge in [-0.05, 0) is 40.2 Å². The molecule has 2 aromatic rings. The smallest absolute Gasteiger partial charge is 0.126 e. The molecule has 0 fully saturated rings. The van der Waals surface area contributed by atoms with Gasteiger partial charge in [-0.2, -0.15) is 0 Å². The summed E-state index contributed by atoms with van der Waals surface area (Å²) in [4.78, 5) is 4.15. The van der Waals surface area contributed by atoms with Gasteiger partial charge in [-0.1, -0.05) is 29.3 Å². The van der Waals surface area contributed by atoms with E-state index >= 15 is 0 Å². The highest BCUT2D eigenvalue weighted by Gasteiger charge is 2.15. The maximum absolute atomic E-state index is 10.1. The molecular weight excluding hydrogens is 351 g/mol. The number of hydrogen-bond acceptors (Lipinski definition) is 3. The summed E-state index contributed by atoms with van der Waals surface area (Å²) in [6.07, 6.45) is 0.878. The van der Waals surface area contributed by atoms with Crippen LogP contribution in [0.5, 0.6) is 0 Å². The molecule has 0 aliphatic heterocycles. The zero-order valence-corrected chi connectivity index (χ0v) is 12.9. The van der Waals surface area contributed by atoms with Crippen molar-refractivity contribution in [1.82, 2.24) is 4.98 Å². The average molecular weight is 362 g/mol. The van der Waals surface area contributed by atoms with Crippen LogP contribution in [-0.2, 0) is 0 Å². The third-order valence-electron chi connectivity index (χ3n) is 2.54. The molecule has 0 aliphatic carbocycles. The van der Waals surface area contributed by atoms with E-state index in [2.05, 4.69) is 26.2 Å². The summed E-state index contributed by atoms with van der Waals surface area (Å²) in [5.74, 6) is 0.672. The van der Waals surface area contributed by atoms with Gasteiger partial charge >= 0.3 is 0 Å². The minimum Gasteiger partial charge on any atom is -0.386 e. The highest BCUT2D eigenvalue weighted by molar-refractivity contribution is 9.10. The van der Waals surface area contributed by atoms with Crippen molar-refractivity contribution in [1.29, 1.82) is 0 Å². The Morgan fingerprint density at radius 2 is 1.89 bits per heavy atom. The molecule has 0 aliphatic rings. The SMILES string of the molecule is OC(CNc1ccc(Br)cn1)c1c(Cl)cccc1Cl. The van der Waals surface area contributed by atoms with E-state index in [9.17, 15) is 5.11 Å². The van der Waals surface area contributed by atoms with Crippen molar-refractivity contribution in [3.8, 4) is 0 Å². The lowest BCUT2D eigenvalue weighted by Crippen LogP contribution is -2.13. The van der Waals surface area contributed by atoms with Crippen molar-refractivity contribution in [3.63, 3.8) is 0 Å². The first-order valence-electron chi connectivity index (χ1n) is 5.55. The molecule has 0 saturated heterocycles. The third kappa shape index (κ3) is 3.83. The normalized spacial score (nSPS) is 12.2. The van der Waals surface area contributed by atoms with Gasteiger partial charge in [-0.3, -0.25) is 0 Å². The second-order valence-electron chi connectivity index (χ2n) is 3.89. The van der Waals surface area contributed by atoms with Crippen LogP contribution in [0.3, 0.4) is 0 Å². The molecule has 0 radical (unpaired) electrons. The van der Waals surface area contributed by atoms with E-state index in [1.165, 1.54) is 0 Å². The number of aromatic nitrogens is 1. The first-order valence-corrected chi connectivity index (χ1v) is 7.10. The van der Waals surface area contributed by atoms with Crippen LogP contribution in [0.1, 0.15) is 11.7 Å². The summed E-state index contributed by atoms with van der Waals surface area (Å²) in [5.41, 5.74) is 0.524. The zero-order chi connectivity index (χ0) is 13.8. The molecule has 1 heterocycles. The van der Waals surface area contributed by atoms with Crippen molar-refractivity contribution < 1.29 is 5.11 Å². The number of halogens is 3. The van der Waals surface area contributed by atoms with Gasteiger partial charge in [0.1, 0.15) is 5.82 Å². The predicted molar refractivity (Wildman–Crippen MR) is 81.8 cm³/mol. The molecule has 1 aromatic heterocycles. The first kappa shape index (κ1) is 14.6. The molecule has 2 N–H and O–H groups in total. The molecule has 0 spiro atoms. The summed E-state index contributed by atoms with van der Waals surface area (Å²) >= 11 is 15.4. The number of nitrogens with one attached hydrogen (secondary N) is 1. The third-order valence-corrected chi connectivity index (χ3v) is 3.67. The van der Waals surface area contributed by atoms with E-state index in [0.29, 0.717) is 21.4 Å². The van der Waals surface area contributed by atoms with Crippen LogP contribution < -0.4 is 5.32 Å². The lowest BCUT2D eigenvalue weighted by Gasteiger charge is -2.15. The molecule has 100 valence electrons. The lowest BCUT2D eigenvalue weighted by molar-refractivity contribution is 0.191. The van der Waals surface area contributed by atoms with E-state index in [-0.39, 0.29) is 6.54 Å². The summed E-state index contributed by atoms with van der Waals surface area (Å²) < 4.78 is 0.896. The van der Waals surface area contributed by atoms with Gasteiger partial charge in [-0.25, -0.2) is 4.98 Å². The van der Waals surface area contributed by atoms with Gasteiger partial charge in [0.05, 0.1) is 6.10 Å². The Bertz CT molecular complexity index is 543. The van der Waals surface area contributed by atoms with E-state index in [4.69, 9.17) is 23.2 Å². The number of nitrogens with zero attached hydrogens (tertiary/aromatic N) is 1. The van der Waals surface area contributed by atoms with Gasteiger partial charge in [-0.15, -0.1) is 0 Å². The Balaban J connectivity index is 2.05. The number of aliphatic hydroxyl groups excluding tert-OH is 1. The van der Waals surface area contributed by atoms with Crippen LogP contribution in [0, 0.1) is 0 Å². The number of rotatable bonds is 4. The lowest BCUT2D eigenvalue weighted by atomic mass is 10.1. The fourth-order valence-corrected chi connectivity index (χ4v) is 2.50. The summed E-state index contributed by atoms with van der Waals surface area (Å²) in [6, 6.07) is 8.81. The van der Waals surface area contributed by atoms with Crippen molar-refractivity contribution in [2.75, 3.05) is 11.9 Å². The van der Waals surface area contributed by atoms with Gasteiger partial charge < -0.3 is 10.4 Å². The Morgan fingerprint density at radius 1 is 1.21 bits per heavy atom. The fourth-order valence-electron chi connectivity index (χ4n) is 1.61. The van der Waals surface area contributed by atoms with E-state index < -0.39 is 6.10 Å². The van der Waals surface area contributed by atoms with Crippen molar-refractivity contribution in [3.05, 3.63) is 56.6 Å². The van der Waals surface area contributed by atoms with E-state index in [1.54, 1.807) is 24.4 Å². The van der Waals surface area contributed by atoms with Gasteiger partial charge in [0, 0.05) is 32.8 Å². The van der Waals surface area contributed by atoms with Crippen LogP contribution >= 0.6 is 39.1 Å². The Kier molecular flexibility index (Phi) is 5.05. The molecule has 1 atom stereocenters. The molecule has 1 unspecified atom stereocenters. The quantitative estimate of drug-likeness (QED) is 0.853. The molecule has 3 nitrogen and oxygen atoms in total. The van der Waals surface area contributed by atoms with Crippen LogP contribution in [0.25, 0.3) is 0 Å². The predicted octanol–water partition coefficient (Wildman–Crippen LogP) is 4.30.